The second-order valence-electron chi connectivity index (χ2n) is 6.46. The minimum atomic E-state index is -1.55. The number of benzene rings is 1. The van der Waals surface area contributed by atoms with Crippen LogP contribution < -0.4 is 0 Å². The van der Waals surface area contributed by atoms with Crippen LogP contribution in [0.5, 0.6) is 0 Å². The van der Waals surface area contributed by atoms with Crippen LogP contribution in [0.15, 0.2) is 36.0 Å². The summed E-state index contributed by atoms with van der Waals surface area (Å²) < 4.78 is 6.23. The molecule has 1 nitrogen and oxygen atoms in total. The van der Waals surface area contributed by atoms with Crippen molar-refractivity contribution in [3.63, 3.8) is 0 Å². The second-order valence-corrected chi connectivity index (χ2v) is 15.9. The zero-order valence-corrected chi connectivity index (χ0v) is 13.9. The maximum Gasteiger partial charge on any atom is 0.242 e. The first-order chi connectivity index (χ1) is 7.67. The van der Waals surface area contributed by atoms with Crippen LogP contribution in [-0.4, -0.2) is 16.4 Å². The normalized spacial score (nSPS) is 13.6. The Hall–Kier alpha value is -0.806. The summed E-state index contributed by atoms with van der Waals surface area (Å²) in [5.74, 6) is 1.09. The molecule has 0 unspecified atom stereocenters. The van der Waals surface area contributed by atoms with Crippen LogP contribution in [-0.2, 0) is 4.43 Å². The van der Waals surface area contributed by atoms with Crippen molar-refractivity contribution in [2.24, 2.45) is 0 Å². The van der Waals surface area contributed by atoms with E-state index in [4.69, 9.17) is 4.43 Å². The van der Waals surface area contributed by atoms with Gasteiger partial charge in [0.2, 0.25) is 8.32 Å². The maximum atomic E-state index is 6.23. The lowest BCUT2D eigenvalue weighted by Crippen LogP contribution is -2.26. The molecular weight excluding hydrogens is 240 g/mol. The van der Waals surface area contributed by atoms with Crippen LogP contribution in [0.3, 0.4) is 0 Å². The first-order valence-electron chi connectivity index (χ1n) is 6.15. The van der Waals surface area contributed by atoms with Gasteiger partial charge in [0.05, 0.1) is 8.07 Å². The van der Waals surface area contributed by atoms with Crippen LogP contribution in [0, 0.1) is 0 Å². The highest BCUT2D eigenvalue weighted by atomic mass is 28.4. The standard InChI is InChI=1S/C14H24OSi2/c1-16(2,3)12-14(15-17(4,5)6)13-10-8-7-9-11-13/h7-12H,1-6H3/b14-12+. The van der Waals surface area contributed by atoms with Crippen molar-refractivity contribution >= 4 is 22.2 Å². The van der Waals surface area contributed by atoms with Gasteiger partial charge in [-0.3, -0.25) is 0 Å². The molecule has 0 radical (unpaired) electrons. The van der Waals surface area contributed by atoms with E-state index in [9.17, 15) is 0 Å². The molecule has 0 N–H and O–H groups in total. The van der Waals surface area contributed by atoms with Gasteiger partial charge in [-0.15, -0.1) is 0 Å². The maximum absolute atomic E-state index is 6.23. The molecule has 0 aromatic heterocycles. The topological polar surface area (TPSA) is 9.23 Å². The van der Waals surface area contributed by atoms with E-state index in [-0.39, 0.29) is 0 Å². The Morgan fingerprint density at radius 1 is 0.941 bits per heavy atom. The summed E-state index contributed by atoms with van der Waals surface area (Å²) >= 11 is 0. The molecule has 0 heterocycles. The Balaban J connectivity index is 3.09. The van der Waals surface area contributed by atoms with Gasteiger partial charge in [0, 0.05) is 5.56 Å². The van der Waals surface area contributed by atoms with Gasteiger partial charge in [-0.25, -0.2) is 0 Å². The molecule has 3 heteroatoms. The van der Waals surface area contributed by atoms with Crippen molar-refractivity contribution in [3.05, 3.63) is 41.6 Å². The molecule has 0 atom stereocenters. The lowest BCUT2D eigenvalue weighted by molar-refractivity contribution is 0.515. The van der Waals surface area contributed by atoms with Crippen molar-refractivity contribution in [1.82, 2.24) is 0 Å². The molecule has 17 heavy (non-hydrogen) atoms. The summed E-state index contributed by atoms with van der Waals surface area (Å²) in [4.78, 5) is 0. The van der Waals surface area contributed by atoms with E-state index < -0.39 is 16.4 Å². The van der Waals surface area contributed by atoms with E-state index in [1.807, 2.05) is 6.07 Å². The highest BCUT2D eigenvalue weighted by molar-refractivity contribution is 6.82. The smallest absolute Gasteiger partial charge is 0.242 e. The fourth-order valence-corrected chi connectivity index (χ4v) is 3.46. The Labute approximate surface area is 108 Å². The Morgan fingerprint density at radius 2 is 1.47 bits per heavy atom. The monoisotopic (exact) mass is 264 g/mol. The predicted molar refractivity (Wildman–Crippen MR) is 82.2 cm³/mol. The van der Waals surface area contributed by atoms with E-state index in [1.54, 1.807) is 0 Å². The molecule has 1 aromatic carbocycles. The van der Waals surface area contributed by atoms with Crippen LogP contribution in [0.1, 0.15) is 5.56 Å². The summed E-state index contributed by atoms with van der Waals surface area (Å²) in [5.41, 5.74) is 3.57. The summed E-state index contributed by atoms with van der Waals surface area (Å²) in [5, 5.41) is 0. The van der Waals surface area contributed by atoms with Crippen molar-refractivity contribution in [2.45, 2.75) is 39.3 Å². The molecular formula is C14H24OSi2. The molecule has 0 saturated heterocycles. The quantitative estimate of drug-likeness (QED) is 0.563. The molecule has 0 aliphatic heterocycles. The Kier molecular flexibility index (Phi) is 4.39. The highest BCUT2D eigenvalue weighted by Crippen LogP contribution is 2.23. The highest BCUT2D eigenvalue weighted by Gasteiger charge is 2.21. The molecule has 1 rings (SSSR count). The fourth-order valence-electron chi connectivity index (χ4n) is 1.50. The molecule has 0 aliphatic carbocycles. The van der Waals surface area contributed by atoms with Gasteiger partial charge < -0.3 is 4.43 Å². The van der Waals surface area contributed by atoms with Crippen molar-refractivity contribution in [3.8, 4) is 0 Å². The molecule has 0 spiro atoms. The van der Waals surface area contributed by atoms with Crippen molar-refractivity contribution in [2.75, 3.05) is 0 Å². The van der Waals surface area contributed by atoms with Gasteiger partial charge in [0.1, 0.15) is 5.76 Å². The van der Waals surface area contributed by atoms with Gasteiger partial charge in [0.25, 0.3) is 0 Å². The molecule has 94 valence electrons. The van der Waals surface area contributed by atoms with E-state index in [1.165, 1.54) is 5.56 Å². The summed E-state index contributed by atoms with van der Waals surface area (Å²) in [6.45, 7) is 13.7. The SMILES string of the molecule is C[Si](C)(C)/C=C(/O[Si](C)(C)C)c1ccccc1. The molecule has 0 saturated carbocycles. The molecule has 1 aromatic rings. The third-order valence-electron chi connectivity index (χ3n) is 2.04. The minimum absolute atomic E-state index is 1.09. The fraction of sp³-hybridized carbons (Fsp3) is 0.429. The zero-order valence-electron chi connectivity index (χ0n) is 11.9. The van der Waals surface area contributed by atoms with Crippen LogP contribution in [0.2, 0.25) is 39.3 Å². The molecule has 0 fully saturated rings. The number of rotatable bonds is 4. The largest absolute Gasteiger partial charge is 0.544 e. The average molecular weight is 265 g/mol. The van der Waals surface area contributed by atoms with Crippen molar-refractivity contribution in [1.29, 1.82) is 0 Å². The van der Waals surface area contributed by atoms with Crippen LogP contribution in [0.4, 0.5) is 0 Å². The second kappa shape index (κ2) is 5.23. The third-order valence-corrected chi connectivity index (χ3v) is 4.00. The molecule has 0 amide bonds. The minimum Gasteiger partial charge on any atom is -0.544 e. The van der Waals surface area contributed by atoms with Crippen molar-refractivity contribution < 1.29 is 4.43 Å². The zero-order chi connectivity index (χ0) is 13.1. The first-order valence-corrected chi connectivity index (χ1v) is 13.1. The van der Waals surface area contributed by atoms with E-state index >= 15 is 0 Å². The predicted octanol–water partition coefficient (Wildman–Crippen LogP) is 4.76. The molecule has 0 bridgehead atoms. The Morgan fingerprint density at radius 3 is 1.88 bits per heavy atom. The van der Waals surface area contributed by atoms with Crippen LogP contribution in [0.25, 0.3) is 5.76 Å². The van der Waals surface area contributed by atoms with Crippen LogP contribution >= 0.6 is 0 Å². The van der Waals surface area contributed by atoms with E-state index in [0.717, 1.165) is 5.76 Å². The molecule has 0 aliphatic rings. The first kappa shape index (κ1) is 14.3. The lowest BCUT2D eigenvalue weighted by atomic mass is 10.2. The van der Waals surface area contributed by atoms with Gasteiger partial charge in [-0.1, -0.05) is 55.7 Å². The van der Waals surface area contributed by atoms with E-state index in [0.29, 0.717) is 0 Å². The summed E-state index contributed by atoms with van der Waals surface area (Å²) in [7, 11) is -2.82. The van der Waals surface area contributed by atoms with Gasteiger partial charge in [0.15, 0.2) is 0 Å². The summed E-state index contributed by atoms with van der Waals surface area (Å²) in [6, 6.07) is 10.4. The Bertz CT molecular complexity index is 383. The van der Waals surface area contributed by atoms with Gasteiger partial charge in [-0.05, 0) is 19.6 Å². The van der Waals surface area contributed by atoms with Gasteiger partial charge >= 0.3 is 0 Å². The summed E-state index contributed by atoms with van der Waals surface area (Å²) in [6.07, 6.45) is 0. The average Bonchev–Trinajstić information content (AvgIpc) is 2.14. The lowest BCUT2D eigenvalue weighted by Gasteiger charge is -2.24. The third kappa shape index (κ3) is 5.89. The van der Waals surface area contributed by atoms with Gasteiger partial charge in [-0.2, -0.15) is 0 Å². The van der Waals surface area contributed by atoms with E-state index in [2.05, 4.69) is 69.2 Å². The number of hydrogen-bond donors (Lipinski definition) is 0. The number of hydrogen-bond acceptors (Lipinski definition) is 1.